The van der Waals surface area contributed by atoms with Crippen molar-refractivity contribution in [1.82, 2.24) is 9.55 Å². The Labute approximate surface area is 116 Å². The molecule has 2 rings (SSSR count). The summed E-state index contributed by atoms with van der Waals surface area (Å²) >= 11 is 0. The second-order valence-corrected chi connectivity index (χ2v) is 4.34. The molecule has 0 atom stereocenters. The van der Waals surface area contributed by atoms with Crippen molar-refractivity contribution in [2.75, 3.05) is 6.61 Å². The number of nitrogens with zero attached hydrogens (tertiary/aromatic N) is 3. The highest BCUT2D eigenvalue weighted by Gasteiger charge is 2.09. The molecule has 0 fully saturated rings. The van der Waals surface area contributed by atoms with E-state index < -0.39 is 5.82 Å². The quantitative estimate of drug-likeness (QED) is 0.519. The van der Waals surface area contributed by atoms with Gasteiger partial charge in [0, 0.05) is 18.0 Å². The molecule has 1 heterocycles. The Balaban J connectivity index is 2.08. The van der Waals surface area contributed by atoms with Gasteiger partial charge in [-0.15, -0.1) is 0 Å². The summed E-state index contributed by atoms with van der Waals surface area (Å²) in [4.78, 5) is 4.12. The Morgan fingerprint density at radius 2 is 2.30 bits per heavy atom. The molecule has 0 bridgehead atoms. The van der Waals surface area contributed by atoms with E-state index in [0.29, 0.717) is 30.2 Å². The third-order valence-electron chi connectivity index (χ3n) is 2.99. The third-order valence-corrected chi connectivity index (χ3v) is 2.99. The summed E-state index contributed by atoms with van der Waals surface area (Å²) in [5.41, 5.74) is 0.744. The van der Waals surface area contributed by atoms with Gasteiger partial charge in [-0.05, 0) is 32.0 Å². The number of rotatable bonds is 5. The SMILES string of the molecule is C/C(=N/O)c1cc(F)ccc1OCCn1ccnc1C. The maximum Gasteiger partial charge on any atom is 0.128 e. The van der Waals surface area contributed by atoms with Gasteiger partial charge >= 0.3 is 0 Å². The Morgan fingerprint density at radius 3 is 2.95 bits per heavy atom. The number of hydrogen-bond acceptors (Lipinski definition) is 4. The van der Waals surface area contributed by atoms with Crippen LogP contribution in [0, 0.1) is 12.7 Å². The molecule has 0 unspecified atom stereocenters. The zero-order valence-corrected chi connectivity index (χ0v) is 11.4. The van der Waals surface area contributed by atoms with Crippen molar-refractivity contribution in [1.29, 1.82) is 0 Å². The summed E-state index contributed by atoms with van der Waals surface area (Å²) in [6.07, 6.45) is 3.59. The zero-order valence-electron chi connectivity index (χ0n) is 11.4. The van der Waals surface area contributed by atoms with E-state index in [1.165, 1.54) is 18.2 Å². The van der Waals surface area contributed by atoms with Gasteiger partial charge in [-0.2, -0.15) is 0 Å². The lowest BCUT2D eigenvalue weighted by molar-refractivity contribution is 0.294. The van der Waals surface area contributed by atoms with Crippen molar-refractivity contribution in [3.05, 3.63) is 47.8 Å². The maximum atomic E-state index is 13.2. The predicted octanol–water partition coefficient (Wildman–Crippen LogP) is 2.61. The highest BCUT2D eigenvalue weighted by Crippen LogP contribution is 2.20. The smallest absolute Gasteiger partial charge is 0.128 e. The molecule has 0 aliphatic heterocycles. The van der Waals surface area contributed by atoms with Crippen LogP contribution in [0.4, 0.5) is 4.39 Å². The Kier molecular flexibility index (Phi) is 4.34. The molecular weight excluding hydrogens is 261 g/mol. The summed E-state index contributed by atoms with van der Waals surface area (Å²) in [5, 5.41) is 11.9. The van der Waals surface area contributed by atoms with Crippen LogP contribution in [-0.2, 0) is 6.54 Å². The predicted molar refractivity (Wildman–Crippen MR) is 72.9 cm³/mol. The summed E-state index contributed by atoms with van der Waals surface area (Å²) in [7, 11) is 0. The minimum Gasteiger partial charge on any atom is -0.491 e. The molecule has 2 aromatic rings. The molecule has 6 heteroatoms. The average molecular weight is 277 g/mol. The number of aromatic nitrogens is 2. The van der Waals surface area contributed by atoms with E-state index in [9.17, 15) is 4.39 Å². The van der Waals surface area contributed by atoms with E-state index in [4.69, 9.17) is 9.94 Å². The molecule has 0 radical (unpaired) electrons. The molecule has 1 aromatic heterocycles. The van der Waals surface area contributed by atoms with Crippen molar-refractivity contribution >= 4 is 5.71 Å². The minimum atomic E-state index is -0.402. The van der Waals surface area contributed by atoms with Crippen molar-refractivity contribution < 1.29 is 14.3 Å². The molecule has 0 aliphatic carbocycles. The molecular formula is C14H16FN3O2. The van der Waals surface area contributed by atoms with Gasteiger partial charge in [-0.1, -0.05) is 5.16 Å². The first kappa shape index (κ1) is 14.0. The summed E-state index contributed by atoms with van der Waals surface area (Å²) < 4.78 is 20.8. The van der Waals surface area contributed by atoms with Gasteiger partial charge in [-0.3, -0.25) is 0 Å². The van der Waals surface area contributed by atoms with Crippen LogP contribution in [0.1, 0.15) is 18.3 Å². The van der Waals surface area contributed by atoms with Crippen LogP contribution >= 0.6 is 0 Å². The number of imidazole rings is 1. The number of aryl methyl sites for hydroxylation is 1. The van der Waals surface area contributed by atoms with Crippen LogP contribution in [0.2, 0.25) is 0 Å². The molecule has 0 amide bonds. The van der Waals surface area contributed by atoms with Crippen molar-refractivity contribution in [3.8, 4) is 5.75 Å². The number of benzene rings is 1. The lowest BCUT2D eigenvalue weighted by Crippen LogP contribution is -2.10. The Morgan fingerprint density at radius 1 is 1.50 bits per heavy atom. The van der Waals surface area contributed by atoms with Gasteiger partial charge in [0.2, 0.25) is 0 Å². The van der Waals surface area contributed by atoms with E-state index in [2.05, 4.69) is 10.1 Å². The average Bonchev–Trinajstić information content (AvgIpc) is 2.85. The second kappa shape index (κ2) is 6.18. The van der Waals surface area contributed by atoms with Gasteiger partial charge in [0.15, 0.2) is 0 Å². The van der Waals surface area contributed by atoms with E-state index in [1.54, 1.807) is 13.1 Å². The van der Waals surface area contributed by atoms with Crippen molar-refractivity contribution in [2.24, 2.45) is 5.16 Å². The molecule has 0 aliphatic rings. The molecule has 5 nitrogen and oxygen atoms in total. The first-order valence-corrected chi connectivity index (χ1v) is 6.21. The maximum absolute atomic E-state index is 13.2. The monoisotopic (exact) mass is 277 g/mol. The van der Waals surface area contributed by atoms with Gasteiger partial charge in [0.1, 0.15) is 24.0 Å². The molecule has 20 heavy (non-hydrogen) atoms. The van der Waals surface area contributed by atoms with Crippen LogP contribution in [0.3, 0.4) is 0 Å². The van der Waals surface area contributed by atoms with Crippen molar-refractivity contribution in [3.63, 3.8) is 0 Å². The standard InChI is InChI=1S/C14H16FN3O2/c1-10(17-19)13-9-12(15)3-4-14(13)20-8-7-18-6-5-16-11(18)2/h3-6,9,19H,7-8H2,1-2H3/b17-10-. The Bertz CT molecular complexity index is 623. The largest absolute Gasteiger partial charge is 0.491 e. The van der Waals surface area contributed by atoms with E-state index in [0.717, 1.165) is 5.82 Å². The summed E-state index contributed by atoms with van der Waals surface area (Å²) in [6, 6.07) is 4.12. The molecule has 0 spiro atoms. The van der Waals surface area contributed by atoms with Crippen LogP contribution in [-0.4, -0.2) is 27.1 Å². The van der Waals surface area contributed by atoms with Gasteiger partial charge < -0.3 is 14.5 Å². The lowest BCUT2D eigenvalue weighted by Gasteiger charge is -2.12. The number of halogens is 1. The van der Waals surface area contributed by atoms with E-state index in [1.807, 2.05) is 17.7 Å². The number of ether oxygens (including phenoxy) is 1. The first-order valence-electron chi connectivity index (χ1n) is 6.21. The van der Waals surface area contributed by atoms with Crippen molar-refractivity contribution in [2.45, 2.75) is 20.4 Å². The van der Waals surface area contributed by atoms with E-state index in [-0.39, 0.29) is 0 Å². The minimum absolute atomic E-state index is 0.304. The molecule has 106 valence electrons. The Hall–Kier alpha value is -2.37. The van der Waals surface area contributed by atoms with Gasteiger partial charge in [0.05, 0.1) is 12.3 Å². The fraction of sp³-hybridized carbons (Fsp3) is 0.286. The third kappa shape index (κ3) is 3.14. The molecule has 0 saturated carbocycles. The van der Waals surface area contributed by atoms with Gasteiger partial charge in [0.25, 0.3) is 0 Å². The van der Waals surface area contributed by atoms with Crippen LogP contribution < -0.4 is 4.74 Å². The highest BCUT2D eigenvalue weighted by molar-refractivity contribution is 6.00. The second-order valence-electron chi connectivity index (χ2n) is 4.34. The summed E-state index contributed by atoms with van der Waals surface area (Å²) in [6.45, 7) is 4.54. The zero-order chi connectivity index (χ0) is 14.5. The van der Waals surface area contributed by atoms with E-state index >= 15 is 0 Å². The number of oxime groups is 1. The van der Waals surface area contributed by atoms with Crippen LogP contribution in [0.5, 0.6) is 5.75 Å². The van der Waals surface area contributed by atoms with Gasteiger partial charge in [-0.25, -0.2) is 9.37 Å². The normalized spacial score (nSPS) is 11.7. The highest BCUT2D eigenvalue weighted by atomic mass is 19.1. The molecule has 1 N–H and O–H groups in total. The van der Waals surface area contributed by atoms with Crippen LogP contribution in [0.25, 0.3) is 0 Å². The summed E-state index contributed by atoms with van der Waals surface area (Å²) in [5.74, 6) is 0.987. The fourth-order valence-electron chi connectivity index (χ4n) is 1.86. The lowest BCUT2D eigenvalue weighted by atomic mass is 10.1. The fourth-order valence-corrected chi connectivity index (χ4v) is 1.86. The van der Waals surface area contributed by atoms with Crippen LogP contribution in [0.15, 0.2) is 35.7 Å². The first-order chi connectivity index (χ1) is 9.61. The number of hydrogen-bond donors (Lipinski definition) is 1. The molecule has 0 saturated heterocycles. The topological polar surface area (TPSA) is 59.6 Å². The molecule has 1 aromatic carbocycles.